The number of hydrogen-bond donors (Lipinski definition) is 0. The first-order valence-corrected chi connectivity index (χ1v) is 43.6. The molecule has 0 aliphatic rings. The van der Waals surface area contributed by atoms with Crippen molar-refractivity contribution in [3.8, 4) is 101 Å². The normalized spacial score (nSPS) is 13.0. The topological polar surface area (TPSA) is 116 Å². The summed E-state index contributed by atoms with van der Waals surface area (Å²) < 4.78 is 352. The lowest BCUT2D eigenvalue weighted by atomic mass is 9.83. The molecule has 32 heteroatoms. The smallest absolute Gasteiger partial charge is 0.299 e. The summed E-state index contributed by atoms with van der Waals surface area (Å²) in [6.45, 7) is 20.8. The minimum atomic E-state index is -5.22. The molecular weight excluding hydrogens is 1900 g/mol. The SMILES string of the molecule is CC(=O)C(CC(C)C)c1cc(-c2cc(C(F)(F)F)cc(C(F)(F)F)c2)cc(-c2cc(C(F)(F)F)cc(C(F)(F)F)c2)c1.CC(=O)C(CC(C)C)c1cc(-c2cc(F)cc(F)c2)cc(-c2cc(F)cc(F)c2)c1.CC(=O)C(CC(C)C)c1cc(-c2ccc(C#N)cc2)cc(-c2cc(C(F)(F)F)cc(C(F)(F)F)c2)c1.CC(=O)C(CC(C)C)c1cc(-c2ccc(C(F)(F)F)cc2)cc(-c2cc(F)cc(C#N)c2)c1. The first-order chi connectivity index (χ1) is 65.2. The minimum absolute atomic E-state index is 0.000593. The third-order valence-electron chi connectivity index (χ3n) is 22.6. The highest BCUT2D eigenvalue weighted by Crippen LogP contribution is 2.48. The van der Waals surface area contributed by atoms with E-state index >= 15 is 0 Å². The van der Waals surface area contributed by atoms with Gasteiger partial charge in [-0.25, -0.2) is 22.0 Å². The fourth-order valence-corrected chi connectivity index (χ4v) is 16.0. The van der Waals surface area contributed by atoms with Crippen molar-refractivity contribution in [1.29, 1.82) is 10.5 Å². The predicted molar refractivity (Wildman–Crippen MR) is 485 cm³/mol. The van der Waals surface area contributed by atoms with E-state index in [9.17, 15) is 139 Å². The number of nitriles is 2. The lowest BCUT2D eigenvalue weighted by Crippen LogP contribution is -2.13. The van der Waals surface area contributed by atoms with Gasteiger partial charge in [-0.3, -0.25) is 19.2 Å². The zero-order chi connectivity index (χ0) is 105. The van der Waals surface area contributed by atoms with Crippen LogP contribution in [-0.2, 0) is 62.4 Å². The maximum absolute atomic E-state index is 14.1. The summed E-state index contributed by atoms with van der Waals surface area (Å²) in [5.74, 6) is -6.29. The average Bonchev–Trinajstić information content (AvgIpc) is 0.673. The Hall–Kier alpha value is -13.5. The van der Waals surface area contributed by atoms with Crippen LogP contribution >= 0.6 is 0 Å². The van der Waals surface area contributed by atoms with Gasteiger partial charge in [-0.05, 0) is 334 Å². The number of rotatable bonds is 24. The molecule has 0 saturated carbocycles. The number of benzene rings is 12. The van der Waals surface area contributed by atoms with E-state index in [1.165, 1.54) is 75.4 Å². The van der Waals surface area contributed by atoms with Crippen LogP contribution in [0.2, 0.25) is 0 Å². The molecule has 0 aromatic heterocycles. The van der Waals surface area contributed by atoms with E-state index in [0.717, 1.165) is 55.5 Å². The Balaban J connectivity index is 0.000000211. The lowest BCUT2D eigenvalue weighted by Gasteiger charge is -2.21. The molecule has 12 aromatic carbocycles. The van der Waals surface area contributed by atoms with E-state index in [1.54, 1.807) is 86.6 Å². The third kappa shape index (κ3) is 30.7. The molecule has 0 radical (unpaired) electrons. The molecule has 12 aromatic rings. The molecule has 0 aliphatic heterocycles. The first kappa shape index (κ1) is 111. The standard InChI is InChI=1S/C29H22F12O.C28H23F6NO.C27H23F4NO.C25H22F4O/c1-14(2)4-25(15(3)42)20-6-16(18-8-21(26(30,31)32)12-22(9-18)27(33,34)35)5-17(7-20)19-10-23(28(36,37)38)13-24(11-19)29(39,40)41;1-16(2)8-26(17(3)36)23-10-20(19-6-4-18(15-35)5-7-19)9-21(11-23)22-12-24(27(29,30)31)14-25(13-22)28(32,33)34;1-16(2)8-26(17(3)33)23-12-21(19-4-6-24(7-5-19)27(29,30)31)11-22(13-23)20-9-18(15-32)10-25(28)14-20;1-14(2)4-25(15(3)30)20-6-16(18-8-21(26)12-22(27)9-18)5-17(7-20)19-10-23(28)13-24(29)11-19/h5-14,25H,4H2,1-3H3;4-7,9-14,16,26H,8H2,1-3H3;4-7,9-14,16,26H,8H2,1-3H3;5-14,25H,4H2,1-3H3. The van der Waals surface area contributed by atoms with Gasteiger partial charge >= 0.3 is 43.2 Å². The number of hydrogen-bond acceptors (Lipinski definition) is 6. The van der Waals surface area contributed by atoms with Crippen molar-refractivity contribution in [2.75, 3.05) is 0 Å². The summed E-state index contributed by atoms with van der Waals surface area (Å²) in [6, 6.07) is 46.3. The molecule has 0 bridgehead atoms. The van der Waals surface area contributed by atoms with Crippen molar-refractivity contribution < 1.29 is 133 Å². The summed E-state index contributed by atoms with van der Waals surface area (Å²) in [4.78, 5) is 49.8. The van der Waals surface area contributed by atoms with E-state index in [4.69, 9.17) is 5.26 Å². The van der Waals surface area contributed by atoms with E-state index in [0.29, 0.717) is 122 Å². The highest BCUT2D eigenvalue weighted by atomic mass is 19.4. The van der Waals surface area contributed by atoms with Gasteiger partial charge in [-0.2, -0.15) is 103 Å². The molecule has 6 nitrogen and oxygen atoms in total. The molecular formula is C109H90F26N2O4. The van der Waals surface area contributed by atoms with E-state index in [1.807, 2.05) is 53.7 Å². The molecule has 0 fully saturated rings. The van der Waals surface area contributed by atoms with Crippen LogP contribution in [0, 0.1) is 75.4 Å². The summed E-state index contributed by atoms with van der Waals surface area (Å²) >= 11 is 0. The van der Waals surface area contributed by atoms with Crippen LogP contribution in [-0.4, -0.2) is 23.1 Å². The Kier molecular flexibility index (Phi) is 35.4. The highest BCUT2D eigenvalue weighted by Gasteiger charge is 2.42. The van der Waals surface area contributed by atoms with E-state index in [-0.39, 0.29) is 110 Å². The summed E-state index contributed by atoms with van der Waals surface area (Å²) in [7, 11) is 0. The molecule has 0 saturated heterocycles. The fraction of sp³-hybridized carbons (Fsp3) is 0.284. The maximum atomic E-state index is 14.1. The van der Waals surface area contributed by atoms with Crippen LogP contribution < -0.4 is 0 Å². The Labute approximate surface area is 795 Å². The fourth-order valence-electron chi connectivity index (χ4n) is 16.0. The van der Waals surface area contributed by atoms with Gasteiger partial charge in [0.2, 0.25) is 0 Å². The summed E-state index contributed by atoms with van der Waals surface area (Å²) in [5, 5.41) is 18.3. The molecule has 0 amide bonds. The quantitative estimate of drug-likeness (QED) is 0.0557. The number of nitrogens with zero attached hydrogens (tertiary/aromatic N) is 2. The zero-order valence-electron chi connectivity index (χ0n) is 77.2. The summed E-state index contributed by atoms with van der Waals surface area (Å²) in [6.07, 6.45) is -33.5. The zero-order valence-corrected chi connectivity index (χ0v) is 77.2. The molecule has 141 heavy (non-hydrogen) atoms. The number of carbonyl (C=O) groups is 4. The Morgan fingerprint density at radius 2 is 0.390 bits per heavy atom. The number of Topliss-reactive ketones (excluding diaryl/α,β-unsaturated/α-hetero) is 4. The summed E-state index contributed by atoms with van der Waals surface area (Å²) in [5.41, 5.74) is -5.36. The van der Waals surface area contributed by atoms with Gasteiger partial charge in [-0.1, -0.05) is 128 Å². The Morgan fingerprint density at radius 1 is 0.213 bits per heavy atom. The van der Waals surface area contributed by atoms with Crippen molar-refractivity contribution >= 4 is 23.1 Å². The predicted octanol–water partition coefficient (Wildman–Crippen LogP) is 34.5. The van der Waals surface area contributed by atoms with Crippen molar-refractivity contribution in [2.45, 2.75) is 176 Å². The van der Waals surface area contributed by atoms with Crippen molar-refractivity contribution in [1.82, 2.24) is 0 Å². The molecule has 0 spiro atoms. The van der Waals surface area contributed by atoms with E-state index < -0.39 is 152 Å². The lowest BCUT2D eigenvalue weighted by molar-refractivity contribution is -0.144. The molecule has 0 aliphatic carbocycles. The molecule has 4 atom stereocenters. The van der Waals surface area contributed by atoms with Gasteiger partial charge < -0.3 is 0 Å². The molecule has 0 N–H and O–H groups in total. The van der Waals surface area contributed by atoms with Crippen molar-refractivity contribution in [2.24, 2.45) is 23.7 Å². The van der Waals surface area contributed by atoms with Crippen LogP contribution in [0.4, 0.5) is 114 Å². The van der Waals surface area contributed by atoms with Gasteiger partial charge in [0.15, 0.2) is 0 Å². The first-order valence-electron chi connectivity index (χ1n) is 43.6. The third-order valence-corrected chi connectivity index (χ3v) is 22.6. The number of carbonyl (C=O) groups excluding carboxylic acids is 4. The number of ketones is 4. The van der Waals surface area contributed by atoms with Crippen LogP contribution in [0.25, 0.3) is 89.0 Å². The highest BCUT2D eigenvalue weighted by molar-refractivity contribution is 5.89. The van der Waals surface area contributed by atoms with Crippen LogP contribution in [0.1, 0.15) is 205 Å². The molecule has 12 rings (SSSR count). The molecule has 742 valence electrons. The Morgan fingerprint density at radius 3 is 0.582 bits per heavy atom. The monoisotopic (exact) mass is 1980 g/mol. The van der Waals surface area contributed by atoms with Gasteiger partial charge in [-0.15, -0.1) is 0 Å². The van der Waals surface area contributed by atoms with Gasteiger partial charge in [0.25, 0.3) is 0 Å². The van der Waals surface area contributed by atoms with E-state index in [2.05, 4.69) is 0 Å². The van der Waals surface area contributed by atoms with Gasteiger partial charge in [0.05, 0.1) is 62.2 Å². The van der Waals surface area contributed by atoms with Crippen molar-refractivity contribution in [3.05, 3.63) is 332 Å². The van der Waals surface area contributed by atoms with Gasteiger partial charge in [0, 0.05) is 35.8 Å². The maximum Gasteiger partial charge on any atom is 0.416 e. The second-order valence-electron chi connectivity index (χ2n) is 35.9. The minimum Gasteiger partial charge on any atom is -0.299 e. The van der Waals surface area contributed by atoms with Crippen molar-refractivity contribution in [3.63, 3.8) is 0 Å². The molecule has 0 heterocycles. The average molecular weight is 1990 g/mol. The van der Waals surface area contributed by atoms with Gasteiger partial charge in [0.1, 0.15) is 52.2 Å². The Bertz CT molecular complexity index is 6340. The van der Waals surface area contributed by atoms with Crippen LogP contribution in [0.3, 0.4) is 0 Å². The van der Waals surface area contributed by atoms with Crippen LogP contribution in [0.15, 0.2) is 231 Å². The molecule has 4 unspecified atom stereocenters. The largest absolute Gasteiger partial charge is 0.416 e. The van der Waals surface area contributed by atoms with Crippen LogP contribution in [0.5, 0.6) is 0 Å². The second kappa shape index (κ2) is 45.0. The number of alkyl halides is 21. The number of halogens is 26. The second-order valence-corrected chi connectivity index (χ2v) is 35.9.